The number of anilines is 1. The predicted molar refractivity (Wildman–Crippen MR) is 88.2 cm³/mol. The molecule has 1 aliphatic heterocycles. The highest BCUT2D eigenvalue weighted by Crippen LogP contribution is 2.39. The molecule has 2 N–H and O–H groups in total. The van der Waals surface area contributed by atoms with Gasteiger partial charge in [0.1, 0.15) is 6.04 Å². The van der Waals surface area contributed by atoms with E-state index in [1.54, 1.807) is 18.2 Å². The Balaban J connectivity index is 1.78. The van der Waals surface area contributed by atoms with Gasteiger partial charge in [-0.2, -0.15) is 13.2 Å². The number of amides is 3. The second-order valence-corrected chi connectivity index (χ2v) is 6.63. The number of carbonyl (C=O) groups is 3. The second-order valence-electron chi connectivity index (χ2n) is 6.63. The van der Waals surface area contributed by atoms with Crippen LogP contribution in [0.5, 0.6) is 0 Å². The average molecular weight is 385 g/mol. The van der Waals surface area contributed by atoms with E-state index in [2.05, 4.69) is 5.32 Å². The van der Waals surface area contributed by atoms with E-state index in [-0.39, 0.29) is 5.91 Å². The van der Waals surface area contributed by atoms with Crippen LogP contribution in [0.4, 0.5) is 23.7 Å². The first-order valence-electron chi connectivity index (χ1n) is 8.37. The van der Waals surface area contributed by atoms with E-state index in [0.29, 0.717) is 42.0 Å². The van der Waals surface area contributed by atoms with Crippen LogP contribution in [0.1, 0.15) is 30.0 Å². The van der Waals surface area contributed by atoms with Crippen molar-refractivity contribution in [2.45, 2.75) is 37.5 Å². The van der Waals surface area contributed by atoms with Crippen LogP contribution in [0.2, 0.25) is 0 Å². The number of rotatable bonds is 3. The number of carboxylic acid groups (broad SMARTS) is 1. The van der Waals surface area contributed by atoms with Crippen molar-refractivity contribution in [1.82, 2.24) is 10.2 Å². The normalized spacial score (nSPS) is 21.9. The fourth-order valence-corrected chi connectivity index (χ4v) is 3.71. The lowest BCUT2D eigenvalue weighted by Crippen LogP contribution is -2.41. The minimum absolute atomic E-state index is 0.341. The standard InChI is InChI=1S/C17H18F3N3O4/c1-22(15(25)17(18,19)20)13-5-2-9-8-10(3-4-11(9)13)23-7-6-12(14(23)24)21-16(26)27/h3-4,8,12-13,21H,2,5-7H2,1H3,(H,26,27)/t12-,13?/m0/s1. The van der Waals surface area contributed by atoms with Crippen molar-refractivity contribution in [2.75, 3.05) is 18.5 Å². The summed E-state index contributed by atoms with van der Waals surface area (Å²) in [5.74, 6) is -2.25. The Kier molecular flexibility index (Phi) is 4.75. The van der Waals surface area contributed by atoms with Crippen LogP contribution in [0, 0.1) is 0 Å². The molecule has 1 fully saturated rings. The average Bonchev–Trinajstić information content (AvgIpc) is 3.16. The van der Waals surface area contributed by atoms with E-state index >= 15 is 0 Å². The molecule has 0 saturated carbocycles. The molecular formula is C17H18F3N3O4. The van der Waals surface area contributed by atoms with Crippen molar-refractivity contribution in [3.8, 4) is 0 Å². The summed E-state index contributed by atoms with van der Waals surface area (Å²) in [5.41, 5.74) is 1.98. The lowest BCUT2D eigenvalue weighted by molar-refractivity contribution is -0.186. The summed E-state index contributed by atoms with van der Waals surface area (Å²) in [6.45, 7) is 0.346. The number of halogens is 3. The van der Waals surface area contributed by atoms with E-state index < -0.39 is 30.3 Å². The zero-order chi connectivity index (χ0) is 19.9. The Morgan fingerprint density at radius 1 is 1.30 bits per heavy atom. The summed E-state index contributed by atoms with van der Waals surface area (Å²) in [7, 11) is 1.13. The van der Waals surface area contributed by atoms with Crippen molar-refractivity contribution >= 4 is 23.6 Å². The van der Waals surface area contributed by atoms with Gasteiger partial charge in [-0.25, -0.2) is 4.79 Å². The van der Waals surface area contributed by atoms with Gasteiger partial charge in [0.25, 0.3) is 0 Å². The SMILES string of the molecule is CN(C(=O)C(F)(F)F)C1CCc2cc(N3CC[C@H](NC(=O)O)C3=O)ccc21. The number of hydrogen-bond donors (Lipinski definition) is 2. The summed E-state index contributed by atoms with van der Waals surface area (Å²) >= 11 is 0. The molecule has 7 nitrogen and oxygen atoms in total. The van der Waals surface area contributed by atoms with Gasteiger partial charge < -0.3 is 20.2 Å². The molecule has 10 heteroatoms. The summed E-state index contributed by atoms with van der Waals surface area (Å²) in [5, 5.41) is 10.9. The van der Waals surface area contributed by atoms with Gasteiger partial charge in [-0.05, 0) is 42.5 Å². The first-order chi connectivity index (χ1) is 12.6. The van der Waals surface area contributed by atoms with Crippen LogP contribution >= 0.6 is 0 Å². The second kappa shape index (κ2) is 6.75. The summed E-state index contributed by atoms with van der Waals surface area (Å²) in [4.78, 5) is 36.7. The van der Waals surface area contributed by atoms with Gasteiger partial charge >= 0.3 is 18.2 Å². The maximum Gasteiger partial charge on any atom is 0.471 e. The smallest absolute Gasteiger partial charge is 0.465 e. The molecule has 0 bridgehead atoms. The lowest BCUT2D eigenvalue weighted by Gasteiger charge is -2.26. The van der Waals surface area contributed by atoms with Gasteiger partial charge in [0.15, 0.2) is 0 Å². The molecule has 0 aromatic heterocycles. The quantitative estimate of drug-likeness (QED) is 0.834. The van der Waals surface area contributed by atoms with Crippen LogP contribution in [-0.2, 0) is 16.0 Å². The van der Waals surface area contributed by atoms with Crippen LogP contribution in [-0.4, -0.2) is 53.7 Å². The fraction of sp³-hybridized carbons (Fsp3) is 0.471. The topological polar surface area (TPSA) is 90.0 Å². The highest BCUT2D eigenvalue weighted by molar-refractivity contribution is 6.00. The molecule has 1 heterocycles. The van der Waals surface area contributed by atoms with Gasteiger partial charge in [0.2, 0.25) is 5.91 Å². The van der Waals surface area contributed by atoms with Crippen LogP contribution < -0.4 is 10.2 Å². The number of nitrogens with one attached hydrogen (secondary N) is 1. The summed E-state index contributed by atoms with van der Waals surface area (Å²) in [6, 6.07) is 3.50. The van der Waals surface area contributed by atoms with Crippen molar-refractivity contribution in [1.29, 1.82) is 0 Å². The van der Waals surface area contributed by atoms with Crippen LogP contribution in [0.25, 0.3) is 0 Å². The Hall–Kier alpha value is -2.78. The monoisotopic (exact) mass is 385 g/mol. The molecule has 2 atom stereocenters. The summed E-state index contributed by atoms with van der Waals surface area (Å²) < 4.78 is 38.1. The molecule has 1 saturated heterocycles. The third kappa shape index (κ3) is 3.56. The predicted octanol–water partition coefficient (Wildman–Crippen LogP) is 2.07. The minimum Gasteiger partial charge on any atom is -0.465 e. The van der Waals surface area contributed by atoms with Gasteiger partial charge in [0.05, 0.1) is 6.04 Å². The molecule has 1 aromatic carbocycles. The largest absolute Gasteiger partial charge is 0.471 e. The fourth-order valence-electron chi connectivity index (χ4n) is 3.71. The number of hydrogen-bond acceptors (Lipinski definition) is 3. The zero-order valence-corrected chi connectivity index (χ0v) is 14.4. The maximum absolute atomic E-state index is 12.7. The highest BCUT2D eigenvalue weighted by Gasteiger charge is 2.44. The number of aryl methyl sites for hydroxylation is 1. The van der Waals surface area contributed by atoms with Crippen molar-refractivity contribution in [3.63, 3.8) is 0 Å². The molecule has 0 radical (unpaired) electrons. The minimum atomic E-state index is -4.93. The highest BCUT2D eigenvalue weighted by atomic mass is 19.4. The van der Waals surface area contributed by atoms with Crippen molar-refractivity contribution < 1.29 is 32.7 Å². The first-order valence-corrected chi connectivity index (χ1v) is 8.37. The molecule has 1 unspecified atom stereocenters. The molecule has 3 amide bonds. The number of alkyl halides is 3. The molecular weight excluding hydrogens is 367 g/mol. The van der Waals surface area contributed by atoms with Crippen molar-refractivity contribution in [2.24, 2.45) is 0 Å². The molecule has 3 rings (SSSR count). The Bertz CT molecular complexity index is 796. The molecule has 1 aromatic rings. The number of benzene rings is 1. The number of nitrogens with zero attached hydrogens (tertiary/aromatic N) is 2. The molecule has 0 spiro atoms. The van der Waals surface area contributed by atoms with Gasteiger partial charge in [0, 0.05) is 19.3 Å². The molecule has 2 aliphatic rings. The van der Waals surface area contributed by atoms with Gasteiger partial charge in [-0.1, -0.05) is 6.07 Å². The van der Waals surface area contributed by atoms with E-state index in [9.17, 15) is 27.6 Å². The van der Waals surface area contributed by atoms with Crippen LogP contribution in [0.15, 0.2) is 18.2 Å². The Labute approximate surface area is 152 Å². The van der Waals surface area contributed by atoms with Gasteiger partial charge in [-0.15, -0.1) is 0 Å². The summed E-state index contributed by atoms with van der Waals surface area (Å²) in [6.07, 6.45) is -5.00. The van der Waals surface area contributed by atoms with E-state index in [1.807, 2.05) is 0 Å². The maximum atomic E-state index is 12.7. The van der Waals surface area contributed by atoms with Crippen LogP contribution in [0.3, 0.4) is 0 Å². The van der Waals surface area contributed by atoms with E-state index in [0.717, 1.165) is 12.6 Å². The lowest BCUT2D eigenvalue weighted by atomic mass is 10.1. The first kappa shape index (κ1) is 19.0. The third-order valence-electron chi connectivity index (χ3n) is 5.02. The van der Waals surface area contributed by atoms with E-state index in [1.165, 1.54) is 4.90 Å². The molecule has 27 heavy (non-hydrogen) atoms. The molecule has 1 aliphatic carbocycles. The number of carbonyl (C=O) groups excluding carboxylic acids is 2. The Morgan fingerprint density at radius 3 is 2.63 bits per heavy atom. The van der Waals surface area contributed by atoms with Crippen molar-refractivity contribution in [3.05, 3.63) is 29.3 Å². The molecule has 146 valence electrons. The van der Waals surface area contributed by atoms with Gasteiger partial charge in [-0.3, -0.25) is 9.59 Å². The third-order valence-corrected chi connectivity index (χ3v) is 5.02. The van der Waals surface area contributed by atoms with E-state index in [4.69, 9.17) is 5.11 Å². The zero-order valence-electron chi connectivity index (χ0n) is 14.4. The number of fused-ring (bicyclic) bond motifs is 1. The Morgan fingerprint density at radius 2 is 2.00 bits per heavy atom.